The van der Waals surface area contributed by atoms with Gasteiger partial charge in [-0.15, -0.1) is 0 Å². The molecule has 0 aromatic heterocycles. The Kier molecular flexibility index (Phi) is 9.45. The van der Waals surface area contributed by atoms with Gasteiger partial charge in [-0.2, -0.15) is 0 Å². The van der Waals surface area contributed by atoms with E-state index in [1.807, 2.05) is 12.1 Å². The van der Waals surface area contributed by atoms with E-state index in [9.17, 15) is 4.79 Å². The second kappa shape index (κ2) is 12.5. The number of rotatable bonds is 10. The molecule has 0 amide bonds. The van der Waals surface area contributed by atoms with Crippen LogP contribution in [0.25, 0.3) is 6.08 Å². The standard InChI is InChI=1S/C25H29NO5S2/c1-28-22-16-18(17-23(29-2)24(22)30-3)6-11-21(27)19-7-9-20(10-8-19)31-14-15-33-25(32)26-12-4-5-13-26/h6-11,16-17H,4-5,12-15H2,1-3H3/b11-6+. The number of hydrogen-bond acceptors (Lipinski definition) is 7. The fourth-order valence-corrected chi connectivity index (χ4v) is 4.60. The molecule has 0 spiro atoms. The molecule has 176 valence electrons. The average Bonchev–Trinajstić information content (AvgIpc) is 3.40. The number of hydrogen-bond donors (Lipinski definition) is 0. The lowest BCUT2D eigenvalue weighted by Gasteiger charge is -2.17. The molecule has 0 radical (unpaired) electrons. The fourth-order valence-electron chi connectivity index (χ4n) is 3.46. The third kappa shape index (κ3) is 6.88. The molecule has 1 aliphatic rings. The Labute approximate surface area is 204 Å². The van der Waals surface area contributed by atoms with E-state index in [1.54, 1.807) is 63.4 Å². The van der Waals surface area contributed by atoms with Crippen LogP contribution < -0.4 is 18.9 Å². The van der Waals surface area contributed by atoms with Crippen LogP contribution in [0, 0.1) is 0 Å². The van der Waals surface area contributed by atoms with Crippen molar-refractivity contribution in [1.82, 2.24) is 4.90 Å². The monoisotopic (exact) mass is 487 g/mol. The molecule has 0 bridgehead atoms. The molecule has 1 aliphatic heterocycles. The SMILES string of the molecule is COc1cc(/C=C/C(=O)c2ccc(OCCSC(=S)N3CCCC3)cc2)cc(OC)c1OC. The van der Waals surface area contributed by atoms with Gasteiger partial charge >= 0.3 is 0 Å². The molecule has 1 heterocycles. The van der Waals surface area contributed by atoms with E-state index in [-0.39, 0.29) is 5.78 Å². The van der Waals surface area contributed by atoms with Crippen molar-refractivity contribution in [2.45, 2.75) is 12.8 Å². The van der Waals surface area contributed by atoms with Crippen molar-refractivity contribution in [1.29, 1.82) is 0 Å². The van der Waals surface area contributed by atoms with Crippen LogP contribution >= 0.6 is 24.0 Å². The number of thiocarbonyl (C=S) groups is 1. The molecule has 0 N–H and O–H groups in total. The van der Waals surface area contributed by atoms with Crippen LogP contribution in [0.3, 0.4) is 0 Å². The fraction of sp³-hybridized carbons (Fsp3) is 0.360. The molecular weight excluding hydrogens is 458 g/mol. The zero-order chi connectivity index (χ0) is 23.6. The van der Waals surface area contributed by atoms with Gasteiger partial charge in [-0.25, -0.2) is 0 Å². The van der Waals surface area contributed by atoms with Crippen molar-refractivity contribution in [3.05, 3.63) is 53.6 Å². The Hall–Kier alpha value is -2.71. The van der Waals surface area contributed by atoms with Gasteiger partial charge in [0.05, 0.1) is 27.9 Å². The Morgan fingerprint density at radius 3 is 2.24 bits per heavy atom. The third-order valence-corrected chi connectivity index (χ3v) is 6.68. The number of nitrogens with zero attached hydrogens (tertiary/aromatic N) is 1. The van der Waals surface area contributed by atoms with Gasteiger partial charge in [-0.05, 0) is 60.9 Å². The van der Waals surface area contributed by atoms with E-state index in [0.29, 0.717) is 29.4 Å². The molecule has 8 heteroatoms. The average molecular weight is 488 g/mol. The largest absolute Gasteiger partial charge is 0.493 e. The van der Waals surface area contributed by atoms with Crippen molar-refractivity contribution in [3.63, 3.8) is 0 Å². The first-order valence-electron chi connectivity index (χ1n) is 10.7. The molecule has 0 atom stereocenters. The lowest BCUT2D eigenvalue weighted by molar-refractivity contribution is 0.104. The first-order valence-corrected chi connectivity index (χ1v) is 12.1. The summed E-state index contributed by atoms with van der Waals surface area (Å²) >= 11 is 7.12. The maximum absolute atomic E-state index is 12.6. The molecule has 1 saturated heterocycles. The summed E-state index contributed by atoms with van der Waals surface area (Å²) < 4.78 is 22.8. The van der Waals surface area contributed by atoms with Gasteiger partial charge in [0.1, 0.15) is 10.1 Å². The molecule has 0 unspecified atom stereocenters. The van der Waals surface area contributed by atoms with Crippen molar-refractivity contribution >= 4 is 40.2 Å². The van der Waals surface area contributed by atoms with Crippen LogP contribution in [0.15, 0.2) is 42.5 Å². The Morgan fingerprint density at radius 2 is 1.67 bits per heavy atom. The van der Waals surface area contributed by atoms with E-state index in [2.05, 4.69) is 4.90 Å². The number of allylic oxidation sites excluding steroid dienone is 1. The summed E-state index contributed by atoms with van der Waals surface area (Å²) in [5.41, 5.74) is 1.35. The number of benzene rings is 2. The predicted molar refractivity (Wildman–Crippen MR) is 137 cm³/mol. The van der Waals surface area contributed by atoms with E-state index < -0.39 is 0 Å². The molecule has 1 fully saturated rings. The third-order valence-electron chi connectivity index (χ3n) is 5.19. The van der Waals surface area contributed by atoms with Crippen molar-refractivity contribution in [2.24, 2.45) is 0 Å². The Morgan fingerprint density at radius 1 is 1.03 bits per heavy atom. The topological polar surface area (TPSA) is 57.2 Å². The Balaban J connectivity index is 1.52. The van der Waals surface area contributed by atoms with Crippen LogP contribution in [0.4, 0.5) is 0 Å². The van der Waals surface area contributed by atoms with E-state index >= 15 is 0 Å². The second-order valence-electron chi connectivity index (χ2n) is 7.34. The number of carbonyl (C=O) groups excluding carboxylic acids is 1. The lowest BCUT2D eigenvalue weighted by Crippen LogP contribution is -2.24. The maximum atomic E-state index is 12.6. The minimum Gasteiger partial charge on any atom is -0.493 e. The maximum Gasteiger partial charge on any atom is 0.203 e. The van der Waals surface area contributed by atoms with Gasteiger partial charge in [0.15, 0.2) is 17.3 Å². The molecule has 0 aliphatic carbocycles. The van der Waals surface area contributed by atoms with Crippen LogP contribution in [-0.2, 0) is 0 Å². The number of thioether (sulfide) groups is 1. The molecule has 2 aromatic rings. The van der Waals surface area contributed by atoms with Gasteiger partial charge in [-0.1, -0.05) is 30.1 Å². The lowest BCUT2D eigenvalue weighted by atomic mass is 10.1. The number of ketones is 1. The van der Waals surface area contributed by atoms with E-state index in [0.717, 1.165) is 34.5 Å². The van der Waals surface area contributed by atoms with E-state index in [4.69, 9.17) is 31.2 Å². The van der Waals surface area contributed by atoms with E-state index in [1.165, 1.54) is 18.9 Å². The van der Waals surface area contributed by atoms with Crippen molar-refractivity contribution in [2.75, 3.05) is 46.8 Å². The minimum atomic E-state index is -0.109. The molecule has 3 rings (SSSR count). The van der Waals surface area contributed by atoms with Crippen LogP contribution in [0.1, 0.15) is 28.8 Å². The van der Waals surface area contributed by atoms with Gasteiger partial charge < -0.3 is 23.8 Å². The Bertz CT molecular complexity index is 960. The van der Waals surface area contributed by atoms with Crippen LogP contribution in [0.5, 0.6) is 23.0 Å². The summed E-state index contributed by atoms with van der Waals surface area (Å²) in [6, 6.07) is 10.7. The van der Waals surface area contributed by atoms with Gasteiger partial charge in [0, 0.05) is 24.4 Å². The first kappa shape index (κ1) is 24.9. The van der Waals surface area contributed by atoms with Gasteiger partial charge in [0.25, 0.3) is 0 Å². The van der Waals surface area contributed by atoms with Crippen molar-refractivity contribution in [3.8, 4) is 23.0 Å². The molecule has 0 saturated carbocycles. The summed E-state index contributed by atoms with van der Waals surface area (Å²) in [7, 11) is 4.66. The zero-order valence-corrected chi connectivity index (χ0v) is 20.8. The summed E-state index contributed by atoms with van der Waals surface area (Å²) in [6.45, 7) is 2.69. The highest BCUT2D eigenvalue weighted by molar-refractivity contribution is 8.22. The highest BCUT2D eigenvalue weighted by Gasteiger charge is 2.15. The van der Waals surface area contributed by atoms with Gasteiger partial charge in [-0.3, -0.25) is 4.79 Å². The molecule has 33 heavy (non-hydrogen) atoms. The summed E-state index contributed by atoms with van der Waals surface area (Å²) in [5, 5.41) is 0. The summed E-state index contributed by atoms with van der Waals surface area (Å²) in [5.74, 6) is 2.99. The second-order valence-corrected chi connectivity index (χ2v) is 9.07. The molecular formula is C25H29NO5S2. The molecule has 6 nitrogen and oxygen atoms in total. The quantitative estimate of drug-likeness (QED) is 0.199. The number of methoxy groups -OCH3 is 3. The molecule has 2 aromatic carbocycles. The summed E-state index contributed by atoms with van der Waals surface area (Å²) in [6.07, 6.45) is 5.68. The highest BCUT2D eigenvalue weighted by atomic mass is 32.2. The van der Waals surface area contributed by atoms with Crippen LogP contribution in [0.2, 0.25) is 0 Å². The predicted octanol–water partition coefficient (Wildman–Crippen LogP) is 5.10. The number of likely N-dealkylation sites (tertiary alicyclic amines) is 1. The zero-order valence-electron chi connectivity index (χ0n) is 19.2. The highest BCUT2D eigenvalue weighted by Crippen LogP contribution is 2.38. The first-order chi connectivity index (χ1) is 16.0. The van der Waals surface area contributed by atoms with Gasteiger partial charge in [0.2, 0.25) is 5.75 Å². The smallest absolute Gasteiger partial charge is 0.203 e. The van der Waals surface area contributed by atoms with Crippen molar-refractivity contribution < 1.29 is 23.7 Å². The van der Waals surface area contributed by atoms with Crippen LogP contribution in [-0.4, -0.2) is 61.8 Å². The number of carbonyl (C=O) groups is 1. The minimum absolute atomic E-state index is 0.109. The normalized spacial score (nSPS) is 13.2. The summed E-state index contributed by atoms with van der Waals surface area (Å²) in [4.78, 5) is 14.8. The number of ether oxygens (including phenoxy) is 4.